The minimum absolute atomic E-state index is 0.217. The molecule has 2 aliphatic heterocycles. The van der Waals surface area contributed by atoms with E-state index in [0.717, 1.165) is 33.6 Å². The first-order valence-corrected chi connectivity index (χ1v) is 16.0. The Morgan fingerprint density at radius 1 is 0.933 bits per heavy atom. The maximum Gasteiger partial charge on any atom is 0.338 e. The minimum Gasteiger partial charge on any atom is -0.497 e. The second kappa shape index (κ2) is 12.5. The molecule has 0 spiro atoms. The summed E-state index contributed by atoms with van der Waals surface area (Å²) in [7, 11) is 1.55. The molecule has 0 unspecified atom stereocenters. The van der Waals surface area contributed by atoms with E-state index in [2.05, 4.69) is 5.32 Å². The van der Waals surface area contributed by atoms with Gasteiger partial charge in [-0.15, -0.1) is 0 Å². The van der Waals surface area contributed by atoms with Gasteiger partial charge < -0.3 is 14.8 Å². The molecular formula is C32H26ClN3O7S2. The number of halogens is 1. The van der Waals surface area contributed by atoms with Crippen molar-refractivity contribution in [2.24, 2.45) is 5.92 Å². The van der Waals surface area contributed by atoms with Gasteiger partial charge in [0.25, 0.3) is 0 Å². The third kappa shape index (κ3) is 5.76. The first kappa shape index (κ1) is 30.6. The number of amides is 3. The van der Waals surface area contributed by atoms with Crippen LogP contribution in [-0.2, 0) is 25.7 Å². The Kier molecular flexibility index (Phi) is 8.54. The Hall–Kier alpha value is -4.39. The fourth-order valence-electron chi connectivity index (χ4n) is 5.52. The average Bonchev–Trinajstić information content (AvgIpc) is 3.48. The van der Waals surface area contributed by atoms with E-state index in [9.17, 15) is 24.0 Å². The van der Waals surface area contributed by atoms with Crippen LogP contribution in [0.4, 0.5) is 11.4 Å². The number of ether oxygens (including phenoxy) is 2. The van der Waals surface area contributed by atoms with E-state index in [1.807, 2.05) is 12.1 Å². The highest BCUT2D eigenvalue weighted by Gasteiger charge is 2.56. The number of imide groups is 1. The molecule has 0 saturated carbocycles. The molecule has 1 saturated heterocycles. The third-order valence-electron chi connectivity index (χ3n) is 7.59. The molecule has 3 aromatic carbocycles. The first-order chi connectivity index (χ1) is 21.7. The van der Waals surface area contributed by atoms with Gasteiger partial charge >= 0.3 is 10.8 Å². The van der Waals surface area contributed by atoms with Crippen molar-refractivity contribution in [3.8, 4) is 5.75 Å². The van der Waals surface area contributed by atoms with Crippen LogP contribution in [0.2, 0.25) is 5.02 Å². The van der Waals surface area contributed by atoms with E-state index in [4.69, 9.17) is 21.1 Å². The summed E-state index contributed by atoms with van der Waals surface area (Å²) in [4.78, 5) is 68.0. The number of fused-ring (bicyclic) bond motifs is 2. The average molecular weight is 664 g/mol. The molecule has 2 aliphatic rings. The lowest BCUT2D eigenvalue weighted by atomic mass is 9.83. The number of nitrogens with zero attached hydrogens (tertiary/aromatic N) is 2. The zero-order chi connectivity index (χ0) is 31.8. The fourth-order valence-corrected chi connectivity index (χ4v) is 8.42. The summed E-state index contributed by atoms with van der Waals surface area (Å²) in [6.45, 7) is 1.64. The summed E-state index contributed by atoms with van der Waals surface area (Å²) in [6, 6.07) is 19.9. The number of aromatic nitrogens is 1. The maximum absolute atomic E-state index is 14.1. The molecule has 13 heteroatoms. The molecule has 45 heavy (non-hydrogen) atoms. The number of benzene rings is 3. The van der Waals surface area contributed by atoms with E-state index in [1.54, 1.807) is 62.6 Å². The Morgan fingerprint density at radius 3 is 2.27 bits per heavy atom. The molecular weight excluding hydrogens is 638 g/mol. The molecule has 1 fully saturated rings. The molecule has 0 aliphatic carbocycles. The number of thiazole rings is 1. The number of hydrogen-bond acceptors (Lipinski definition) is 9. The SMILES string of the molecule is CCOC(=O)c1ccc(N2C(=O)[C@@H]3[C@H](c4ccc(OC)cc4)c4sc(=O)n(CC(=O)Nc5ccc(Cl)cc5)c4S[C@@H]3C2=O)cc1. The molecule has 10 nitrogen and oxygen atoms in total. The van der Waals surface area contributed by atoms with E-state index in [1.165, 1.54) is 16.7 Å². The quantitative estimate of drug-likeness (QED) is 0.202. The van der Waals surface area contributed by atoms with E-state index in [0.29, 0.717) is 37.6 Å². The highest BCUT2D eigenvalue weighted by molar-refractivity contribution is 8.00. The molecule has 0 radical (unpaired) electrons. The van der Waals surface area contributed by atoms with Gasteiger partial charge in [-0.25, -0.2) is 9.69 Å². The van der Waals surface area contributed by atoms with Crippen LogP contribution < -0.4 is 19.8 Å². The molecule has 3 heterocycles. The Balaban J connectivity index is 1.37. The van der Waals surface area contributed by atoms with Gasteiger partial charge in [0.05, 0.1) is 35.9 Å². The molecule has 1 aromatic heterocycles. The molecule has 3 amide bonds. The molecule has 1 N–H and O–H groups in total. The van der Waals surface area contributed by atoms with Gasteiger partial charge in [0.2, 0.25) is 17.7 Å². The number of esters is 1. The van der Waals surface area contributed by atoms with Gasteiger partial charge in [-0.2, -0.15) is 0 Å². The predicted octanol–water partition coefficient (Wildman–Crippen LogP) is 5.18. The minimum atomic E-state index is -0.860. The van der Waals surface area contributed by atoms with Crippen molar-refractivity contribution in [2.45, 2.75) is 29.7 Å². The van der Waals surface area contributed by atoms with Crippen LogP contribution in [-0.4, -0.2) is 47.2 Å². The van der Waals surface area contributed by atoms with E-state index >= 15 is 0 Å². The monoisotopic (exact) mass is 663 g/mol. The lowest BCUT2D eigenvalue weighted by molar-refractivity contribution is -0.122. The van der Waals surface area contributed by atoms with Crippen molar-refractivity contribution in [2.75, 3.05) is 23.9 Å². The van der Waals surface area contributed by atoms with Gasteiger partial charge in [0.1, 0.15) is 17.5 Å². The number of thioether (sulfide) groups is 1. The number of methoxy groups -OCH3 is 1. The smallest absolute Gasteiger partial charge is 0.338 e. The van der Waals surface area contributed by atoms with Crippen LogP contribution in [0, 0.1) is 5.92 Å². The topological polar surface area (TPSA) is 124 Å². The summed E-state index contributed by atoms with van der Waals surface area (Å²) < 4.78 is 11.7. The Labute approximate surface area is 270 Å². The summed E-state index contributed by atoms with van der Waals surface area (Å²) in [5, 5.41) is 2.90. The zero-order valence-corrected chi connectivity index (χ0v) is 26.4. The number of carbonyl (C=O) groups is 4. The fraction of sp³-hybridized carbons (Fsp3) is 0.219. The van der Waals surface area contributed by atoms with E-state index < -0.39 is 40.8 Å². The molecule has 230 valence electrons. The molecule has 6 rings (SSSR count). The zero-order valence-electron chi connectivity index (χ0n) is 24.0. The van der Waals surface area contributed by atoms with Crippen molar-refractivity contribution in [3.05, 3.63) is 103 Å². The normalized spacial score (nSPS) is 18.7. The van der Waals surface area contributed by atoms with Crippen LogP contribution in [0.5, 0.6) is 5.75 Å². The molecule has 0 bridgehead atoms. The highest BCUT2D eigenvalue weighted by atomic mass is 35.5. The van der Waals surface area contributed by atoms with Crippen molar-refractivity contribution in [1.82, 2.24) is 4.57 Å². The standard InChI is InChI=1S/C32H26ClN3O7S2/c1-3-43-31(40)18-4-12-21(13-5-18)36-28(38)25-24(17-6-14-22(42-2)15-7-17)27-30(44-26(25)29(36)39)35(32(41)45-27)16-23(37)34-20-10-8-19(33)9-11-20/h4-15,24-26H,3,16H2,1-2H3,(H,34,37)/t24-,25+,26-/m0/s1. The number of rotatable bonds is 8. The van der Waals surface area contributed by atoms with Gasteiger partial charge in [-0.1, -0.05) is 46.8 Å². The predicted molar refractivity (Wildman–Crippen MR) is 172 cm³/mol. The highest BCUT2D eigenvalue weighted by Crippen LogP contribution is 2.54. The van der Waals surface area contributed by atoms with Crippen LogP contribution in [0.3, 0.4) is 0 Å². The second-order valence-corrected chi connectivity index (χ2v) is 12.8. The van der Waals surface area contributed by atoms with Gasteiger partial charge in [-0.05, 0) is 73.2 Å². The summed E-state index contributed by atoms with van der Waals surface area (Å²) in [5.74, 6) is -2.63. The van der Waals surface area contributed by atoms with Crippen LogP contribution in [0.1, 0.15) is 33.6 Å². The van der Waals surface area contributed by atoms with Crippen LogP contribution in [0.15, 0.2) is 82.6 Å². The van der Waals surface area contributed by atoms with Crippen molar-refractivity contribution >= 4 is 69.8 Å². The number of nitrogens with one attached hydrogen (secondary N) is 1. The Bertz CT molecular complexity index is 1850. The number of hydrogen-bond donors (Lipinski definition) is 1. The van der Waals surface area contributed by atoms with Crippen LogP contribution >= 0.6 is 34.7 Å². The lowest BCUT2D eigenvalue weighted by Gasteiger charge is -2.30. The van der Waals surface area contributed by atoms with Crippen molar-refractivity contribution < 1.29 is 28.7 Å². The molecule has 4 aromatic rings. The second-order valence-electron chi connectivity index (χ2n) is 10.3. The maximum atomic E-state index is 14.1. The largest absolute Gasteiger partial charge is 0.497 e. The Morgan fingerprint density at radius 2 is 1.62 bits per heavy atom. The summed E-state index contributed by atoms with van der Waals surface area (Å²) in [6.07, 6.45) is 0. The third-order valence-corrected chi connectivity index (χ3v) is 10.4. The summed E-state index contributed by atoms with van der Waals surface area (Å²) >= 11 is 8.04. The molecule has 3 atom stereocenters. The summed E-state index contributed by atoms with van der Waals surface area (Å²) in [5.41, 5.74) is 1.87. The van der Waals surface area contributed by atoms with Crippen molar-refractivity contribution in [3.63, 3.8) is 0 Å². The van der Waals surface area contributed by atoms with E-state index in [-0.39, 0.29) is 18.0 Å². The van der Waals surface area contributed by atoms with Gasteiger partial charge in [-0.3, -0.25) is 23.7 Å². The van der Waals surface area contributed by atoms with Gasteiger partial charge in [0, 0.05) is 21.5 Å². The lowest BCUT2D eigenvalue weighted by Crippen LogP contribution is -2.33. The first-order valence-electron chi connectivity index (χ1n) is 13.9. The number of carbonyl (C=O) groups excluding carboxylic acids is 4. The van der Waals surface area contributed by atoms with Crippen molar-refractivity contribution in [1.29, 1.82) is 0 Å². The number of anilines is 2. The van der Waals surface area contributed by atoms with Gasteiger partial charge in [0.15, 0.2) is 0 Å². The van der Waals surface area contributed by atoms with Crippen LogP contribution in [0.25, 0.3) is 0 Å².